The average Bonchev–Trinajstić information content (AvgIpc) is 3.46. The molecule has 0 aromatic heterocycles. The van der Waals surface area contributed by atoms with Crippen LogP contribution in [-0.2, 0) is 20.8 Å². The normalized spacial score (nSPS) is 23.2. The van der Waals surface area contributed by atoms with Gasteiger partial charge in [-0.3, -0.25) is 14.4 Å². The smallest absolute Gasteiger partial charge is 0.329 e. The van der Waals surface area contributed by atoms with Crippen molar-refractivity contribution in [3.63, 3.8) is 0 Å². The Morgan fingerprint density at radius 2 is 1.80 bits per heavy atom. The van der Waals surface area contributed by atoms with E-state index >= 15 is 0 Å². The zero-order chi connectivity index (χ0) is 32.8. The summed E-state index contributed by atoms with van der Waals surface area (Å²) in [4.78, 5) is 67.9. The van der Waals surface area contributed by atoms with Gasteiger partial charge >= 0.3 is 12.0 Å². The lowest BCUT2D eigenvalue weighted by atomic mass is 9.85. The van der Waals surface area contributed by atoms with Crippen molar-refractivity contribution in [1.82, 2.24) is 25.8 Å². The zero-order valence-corrected chi connectivity index (χ0v) is 27.3. The molecule has 4 N–H and O–H groups in total. The molecule has 2 heterocycles. The molecule has 3 aliphatic rings. The molecule has 11 heteroatoms. The summed E-state index contributed by atoms with van der Waals surface area (Å²) in [7, 11) is 0. The van der Waals surface area contributed by atoms with Crippen LogP contribution >= 0.6 is 0 Å². The second-order valence-corrected chi connectivity index (χ2v) is 14.0. The number of benzene rings is 1. The van der Waals surface area contributed by atoms with E-state index in [1.807, 2.05) is 45.0 Å². The number of carbonyl (C=O) groups excluding carboxylic acids is 4. The fraction of sp³-hybridized carbons (Fsp3) is 0.676. The first kappa shape index (κ1) is 34.2. The van der Waals surface area contributed by atoms with Gasteiger partial charge in [-0.05, 0) is 55.1 Å². The maximum absolute atomic E-state index is 13.3. The second kappa shape index (κ2) is 14.6. The zero-order valence-electron chi connectivity index (χ0n) is 27.3. The van der Waals surface area contributed by atoms with Crippen LogP contribution in [0.5, 0.6) is 0 Å². The van der Waals surface area contributed by atoms with E-state index < -0.39 is 35.4 Å². The molecular weight excluding hydrogens is 574 g/mol. The molecule has 0 spiro atoms. The first-order valence-corrected chi connectivity index (χ1v) is 16.6. The predicted octanol–water partition coefficient (Wildman–Crippen LogP) is 3.71. The maximum Gasteiger partial charge on any atom is 0.329 e. The molecule has 1 saturated heterocycles. The summed E-state index contributed by atoms with van der Waals surface area (Å²) in [5.74, 6) is -2.02. The molecule has 2 fully saturated rings. The van der Waals surface area contributed by atoms with Crippen molar-refractivity contribution >= 4 is 29.7 Å². The number of amides is 5. The Morgan fingerprint density at radius 3 is 2.51 bits per heavy atom. The van der Waals surface area contributed by atoms with Gasteiger partial charge in [0, 0.05) is 25.2 Å². The Morgan fingerprint density at radius 1 is 1.07 bits per heavy atom. The number of carboxylic acid groups (broad SMARTS) is 1. The molecule has 1 unspecified atom stereocenters. The number of nitrogens with zero attached hydrogens (tertiary/aromatic N) is 2. The average molecular weight is 626 g/mol. The molecule has 11 nitrogen and oxygen atoms in total. The number of hydrogen-bond acceptors (Lipinski definition) is 5. The van der Waals surface area contributed by atoms with Crippen LogP contribution in [0.3, 0.4) is 0 Å². The van der Waals surface area contributed by atoms with Crippen molar-refractivity contribution in [2.75, 3.05) is 26.2 Å². The molecule has 1 saturated carbocycles. The number of likely N-dealkylation sites (tertiary alicyclic amines) is 1. The highest BCUT2D eigenvalue weighted by Gasteiger charge is 2.61. The Balaban J connectivity index is 1.28. The molecule has 1 aromatic carbocycles. The van der Waals surface area contributed by atoms with Crippen LogP contribution in [0, 0.1) is 11.3 Å². The molecule has 2 aliphatic heterocycles. The van der Waals surface area contributed by atoms with Gasteiger partial charge in [0.25, 0.3) is 5.91 Å². The van der Waals surface area contributed by atoms with Crippen LogP contribution < -0.4 is 16.0 Å². The van der Waals surface area contributed by atoms with E-state index in [-0.39, 0.29) is 29.8 Å². The number of unbranched alkanes of at least 4 members (excludes halogenated alkanes) is 4. The number of carbonyl (C=O) groups is 5. The lowest BCUT2D eigenvalue weighted by molar-refractivity contribution is -0.145. The molecule has 4 rings (SSSR count). The molecule has 0 bridgehead atoms. The number of fused-ring (bicyclic) bond motifs is 1. The highest BCUT2D eigenvalue weighted by Crippen LogP contribution is 2.47. The van der Waals surface area contributed by atoms with E-state index in [1.165, 1.54) is 11.3 Å². The van der Waals surface area contributed by atoms with Crippen LogP contribution in [0.1, 0.15) is 101 Å². The van der Waals surface area contributed by atoms with Gasteiger partial charge in [-0.15, -0.1) is 0 Å². The third-order valence-electron chi connectivity index (χ3n) is 9.70. The molecule has 248 valence electrons. The Labute approximate surface area is 266 Å². The van der Waals surface area contributed by atoms with Gasteiger partial charge in [-0.25, -0.2) is 9.59 Å². The number of carboxylic acids is 1. The van der Waals surface area contributed by atoms with Crippen LogP contribution in [0.15, 0.2) is 24.3 Å². The van der Waals surface area contributed by atoms with Gasteiger partial charge in [0.1, 0.15) is 11.6 Å². The van der Waals surface area contributed by atoms with E-state index in [0.717, 1.165) is 44.1 Å². The molecule has 4 atom stereocenters. The van der Waals surface area contributed by atoms with Crippen molar-refractivity contribution in [3.05, 3.63) is 35.4 Å². The number of nitrogens with one attached hydrogen (secondary N) is 3. The largest absolute Gasteiger partial charge is 0.479 e. The number of hydrogen-bond donors (Lipinski definition) is 4. The number of urea groups is 1. The summed E-state index contributed by atoms with van der Waals surface area (Å²) < 4.78 is 0. The van der Waals surface area contributed by atoms with Gasteiger partial charge in [0.05, 0.1) is 12.6 Å². The first-order valence-electron chi connectivity index (χ1n) is 16.6. The molecule has 5 amide bonds. The summed E-state index contributed by atoms with van der Waals surface area (Å²) in [5.41, 5.74) is 0.0889. The van der Waals surface area contributed by atoms with E-state index in [2.05, 4.69) is 22.9 Å². The van der Waals surface area contributed by atoms with E-state index in [4.69, 9.17) is 0 Å². The van der Waals surface area contributed by atoms with Gasteiger partial charge in [0.15, 0.2) is 0 Å². The first-order chi connectivity index (χ1) is 21.4. The molecular formula is C34H51N5O6. The van der Waals surface area contributed by atoms with Crippen LogP contribution in [0.25, 0.3) is 0 Å². The second-order valence-electron chi connectivity index (χ2n) is 14.0. The molecule has 1 aliphatic carbocycles. The minimum absolute atomic E-state index is 0.0593. The van der Waals surface area contributed by atoms with E-state index in [1.54, 1.807) is 4.90 Å². The summed E-state index contributed by atoms with van der Waals surface area (Å²) in [6, 6.07) is 5.90. The van der Waals surface area contributed by atoms with Gasteiger partial charge in [-0.1, -0.05) is 78.0 Å². The summed E-state index contributed by atoms with van der Waals surface area (Å²) in [6.07, 6.45) is 8.42. The standard InChI is InChI=1S/C34H51N5O6/c1-5-6-7-8-9-14-24-20-34(24,31(43)44)37-29(41)26-16-12-18-39(26)28(40)21-35-32(45)36-27(33(2,3)4)22-38-19-17-23-13-10-11-15-25(23)30(38)42/h10-11,13,15,24,26-27H,5-9,12,14,16-22H2,1-4H3,(H,37,41)(H,43,44)(H2,35,36,45)/t24?,26-,27+,34+/m0/s1. The third kappa shape index (κ3) is 8.35. The topological polar surface area (TPSA) is 148 Å². The minimum atomic E-state index is -1.25. The van der Waals surface area contributed by atoms with Gasteiger partial charge < -0.3 is 30.9 Å². The van der Waals surface area contributed by atoms with Crippen molar-refractivity contribution in [1.29, 1.82) is 0 Å². The SMILES string of the molecule is CCCCCCCC1C[C@]1(NC(=O)[C@@H]1CCCN1C(=O)CNC(=O)N[C@H](CN1CCc2ccccc2C1=O)C(C)(C)C)C(=O)O. The Kier molecular flexibility index (Phi) is 11.1. The highest BCUT2D eigenvalue weighted by atomic mass is 16.4. The van der Waals surface area contributed by atoms with Crippen molar-refractivity contribution in [2.24, 2.45) is 11.3 Å². The highest BCUT2D eigenvalue weighted by molar-refractivity contribution is 5.97. The summed E-state index contributed by atoms with van der Waals surface area (Å²) in [5, 5.41) is 18.3. The lowest BCUT2D eigenvalue weighted by Gasteiger charge is -2.37. The number of rotatable bonds is 14. The minimum Gasteiger partial charge on any atom is -0.479 e. The van der Waals surface area contributed by atoms with Crippen molar-refractivity contribution in [3.8, 4) is 0 Å². The van der Waals surface area contributed by atoms with Crippen LogP contribution in [-0.4, -0.2) is 88.4 Å². The van der Waals surface area contributed by atoms with E-state index in [0.29, 0.717) is 44.5 Å². The molecule has 0 radical (unpaired) electrons. The Hall–Kier alpha value is -3.63. The third-order valence-corrected chi connectivity index (χ3v) is 9.70. The number of aliphatic carboxylic acids is 1. The fourth-order valence-corrected chi connectivity index (χ4v) is 6.65. The van der Waals surface area contributed by atoms with Crippen LogP contribution in [0.2, 0.25) is 0 Å². The Bertz CT molecular complexity index is 1260. The lowest BCUT2D eigenvalue weighted by Crippen LogP contribution is -2.57. The predicted molar refractivity (Wildman–Crippen MR) is 171 cm³/mol. The van der Waals surface area contributed by atoms with Gasteiger partial charge in [-0.2, -0.15) is 0 Å². The fourth-order valence-electron chi connectivity index (χ4n) is 6.65. The van der Waals surface area contributed by atoms with Gasteiger partial charge in [0.2, 0.25) is 11.8 Å². The quantitative estimate of drug-likeness (QED) is 0.232. The molecule has 1 aromatic rings. The van der Waals surface area contributed by atoms with E-state index in [9.17, 15) is 29.1 Å². The summed E-state index contributed by atoms with van der Waals surface area (Å²) in [6.45, 7) is 9.07. The van der Waals surface area contributed by atoms with Crippen molar-refractivity contribution < 1.29 is 29.1 Å². The van der Waals surface area contributed by atoms with Crippen LogP contribution in [0.4, 0.5) is 4.79 Å². The summed E-state index contributed by atoms with van der Waals surface area (Å²) >= 11 is 0. The van der Waals surface area contributed by atoms with Crippen molar-refractivity contribution in [2.45, 2.75) is 110 Å². The molecule has 45 heavy (non-hydrogen) atoms. The monoisotopic (exact) mass is 625 g/mol. The maximum atomic E-state index is 13.3.